The van der Waals surface area contributed by atoms with Crippen molar-refractivity contribution in [2.45, 2.75) is 45.9 Å². The summed E-state index contributed by atoms with van der Waals surface area (Å²) < 4.78 is 86.1. The molecule has 28 heavy (non-hydrogen) atoms. The van der Waals surface area contributed by atoms with Crippen LogP contribution in [0.3, 0.4) is 0 Å². The van der Waals surface area contributed by atoms with E-state index in [1.54, 1.807) is 27.7 Å². The molecule has 0 aliphatic heterocycles. The number of hydrogen-bond acceptors (Lipinski definition) is 3. The van der Waals surface area contributed by atoms with Crippen LogP contribution in [-0.4, -0.2) is 22.7 Å². The van der Waals surface area contributed by atoms with Crippen molar-refractivity contribution >= 4 is 10.5 Å². The van der Waals surface area contributed by atoms with Crippen LogP contribution in [0.2, 0.25) is 0 Å². The van der Waals surface area contributed by atoms with Crippen molar-refractivity contribution in [2.75, 3.05) is 0 Å². The van der Waals surface area contributed by atoms with Gasteiger partial charge in [0, 0.05) is 5.56 Å². The Bertz CT molecular complexity index is 819. The van der Waals surface area contributed by atoms with E-state index in [9.17, 15) is 22.0 Å². The van der Waals surface area contributed by atoms with Crippen LogP contribution in [0.25, 0.3) is 11.1 Å². The van der Waals surface area contributed by atoms with Crippen LogP contribution >= 0.6 is 0 Å². The van der Waals surface area contributed by atoms with E-state index in [4.69, 9.17) is 13.9 Å². The first-order valence-electron chi connectivity index (χ1n) is 8.57. The fourth-order valence-electron chi connectivity index (χ4n) is 2.72. The molecule has 0 radical (unpaired) electrons. The molecular formula is C19H21F5O3Si. The molecule has 0 fully saturated rings. The summed E-state index contributed by atoms with van der Waals surface area (Å²) in [6.45, 7) is 6.97. The first kappa shape index (κ1) is 22.5. The van der Waals surface area contributed by atoms with E-state index in [-0.39, 0.29) is 33.8 Å². The van der Waals surface area contributed by atoms with Crippen LogP contribution in [0.5, 0.6) is 0 Å². The van der Waals surface area contributed by atoms with Gasteiger partial charge in [0.15, 0.2) is 33.8 Å². The van der Waals surface area contributed by atoms with E-state index in [2.05, 4.69) is 0 Å². The van der Waals surface area contributed by atoms with Crippen molar-refractivity contribution in [3.05, 3.63) is 58.9 Å². The maximum absolute atomic E-state index is 14.2. The van der Waals surface area contributed by atoms with E-state index in [0.29, 0.717) is 0 Å². The second-order valence-corrected chi connectivity index (χ2v) is 7.03. The zero-order chi connectivity index (χ0) is 21.2. The lowest BCUT2D eigenvalue weighted by Gasteiger charge is -2.36. The third-order valence-electron chi connectivity index (χ3n) is 3.77. The van der Waals surface area contributed by atoms with Crippen LogP contribution in [0.15, 0.2) is 24.3 Å². The van der Waals surface area contributed by atoms with Crippen molar-refractivity contribution in [2.24, 2.45) is 0 Å². The predicted octanol–water partition coefficient (Wildman–Crippen LogP) is 4.31. The van der Waals surface area contributed by atoms with Crippen LogP contribution in [0, 0.1) is 29.1 Å². The van der Waals surface area contributed by atoms with Gasteiger partial charge in [0.1, 0.15) is 0 Å². The van der Waals surface area contributed by atoms with Gasteiger partial charge in [-0.3, -0.25) is 0 Å². The average molecular weight is 420 g/mol. The number of rotatable bonds is 7. The first-order valence-corrected chi connectivity index (χ1v) is 9.38. The van der Waals surface area contributed by atoms with Crippen molar-refractivity contribution < 1.29 is 35.9 Å². The molecule has 154 valence electrons. The van der Waals surface area contributed by atoms with Gasteiger partial charge in [0.05, 0.1) is 17.8 Å². The van der Waals surface area contributed by atoms with Gasteiger partial charge in [0.2, 0.25) is 5.82 Å². The number of halogens is 5. The predicted molar refractivity (Wildman–Crippen MR) is 96.8 cm³/mol. The van der Waals surface area contributed by atoms with Crippen LogP contribution in [-0.2, 0) is 19.9 Å². The molecule has 3 nitrogen and oxygen atoms in total. The zero-order valence-electron chi connectivity index (χ0n) is 16.1. The Balaban J connectivity index is 2.69. The summed E-state index contributed by atoms with van der Waals surface area (Å²) in [5.41, 5.74) is -1.03. The number of ether oxygens (including phenoxy) is 2. The monoisotopic (exact) mass is 420 g/mol. The van der Waals surface area contributed by atoms with Crippen LogP contribution in [0.1, 0.15) is 33.3 Å². The highest BCUT2D eigenvalue weighted by Gasteiger charge is 2.37. The summed E-state index contributed by atoms with van der Waals surface area (Å²) in [7, 11) is 0.185. The lowest BCUT2D eigenvalue weighted by molar-refractivity contribution is -0.378. The normalized spacial score (nSPS) is 12.4. The highest BCUT2D eigenvalue weighted by Crippen LogP contribution is 2.36. The highest BCUT2D eigenvalue weighted by molar-refractivity contribution is 5.98. The largest absolute Gasteiger partial charge is 0.376 e. The molecule has 2 aromatic rings. The van der Waals surface area contributed by atoms with Gasteiger partial charge in [-0.15, -0.1) is 0 Å². The quantitative estimate of drug-likeness (QED) is 0.220. The SMILES string of the molecule is CC(C)OC(O[SiH3])(OC(C)C)c1cccc(-c2c(F)c(F)c(F)c(F)c2F)c1. The molecule has 0 bridgehead atoms. The Hall–Kier alpha value is -1.81. The Morgan fingerprint density at radius 1 is 0.786 bits per heavy atom. The average Bonchev–Trinajstić information content (AvgIpc) is 2.64. The molecule has 0 aromatic heterocycles. The third kappa shape index (κ3) is 4.27. The van der Waals surface area contributed by atoms with Gasteiger partial charge < -0.3 is 13.9 Å². The fraction of sp³-hybridized carbons (Fsp3) is 0.368. The molecule has 0 heterocycles. The molecular weight excluding hydrogens is 399 g/mol. The smallest absolute Gasteiger partial charge is 0.302 e. The Kier molecular flexibility index (Phi) is 6.97. The molecule has 0 atom stereocenters. The Morgan fingerprint density at radius 3 is 1.68 bits per heavy atom. The van der Waals surface area contributed by atoms with Crippen molar-refractivity contribution in [3.63, 3.8) is 0 Å². The van der Waals surface area contributed by atoms with E-state index >= 15 is 0 Å². The first-order chi connectivity index (χ1) is 13.0. The minimum Gasteiger partial charge on any atom is -0.376 e. The molecule has 0 unspecified atom stereocenters. The zero-order valence-corrected chi connectivity index (χ0v) is 18.1. The van der Waals surface area contributed by atoms with E-state index in [0.717, 1.165) is 0 Å². The minimum atomic E-state index is -2.21. The molecule has 0 aliphatic rings. The van der Waals surface area contributed by atoms with Gasteiger partial charge in [-0.25, -0.2) is 22.0 Å². The summed E-state index contributed by atoms with van der Waals surface area (Å²) in [5, 5.41) is 0. The molecule has 0 spiro atoms. The standard InChI is InChI=1S/C19H21F5O3Si/c1-9(2)25-19(27-28,26-10(3)4)12-7-5-6-11(8-12)13-14(20)16(22)18(24)17(23)15(13)21/h5-10H,1-4,28H3. The summed E-state index contributed by atoms with van der Waals surface area (Å²) >= 11 is 0. The van der Waals surface area contributed by atoms with Gasteiger partial charge >= 0.3 is 5.97 Å². The maximum Gasteiger partial charge on any atom is 0.302 e. The molecule has 0 saturated heterocycles. The molecule has 0 saturated carbocycles. The van der Waals surface area contributed by atoms with Crippen LogP contribution in [0.4, 0.5) is 22.0 Å². The lowest BCUT2D eigenvalue weighted by atomic mass is 10.00. The Labute approximate surface area is 163 Å². The van der Waals surface area contributed by atoms with Gasteiger partial charge in [-0.2, -0.15) is 0 Å². The topological polar surface area (TPSA) is 27.7 Å². The molecule has 0 aliphatic carbocycles. The molecule has 0 amide bonds. The summed E-state index contributed by atoms with van der Waals surface area (Å²) in [6.07, 6.45) is -0.684. The minimum absolute atomic E-state index is 0.185. The van der Waals surface area contributed by atoms with Gasteiger partial charge in [-0.05, 0) is 39.3 Å². The maximum atomic E-state index is 14.2. The van der Waals surface area contributed by atoms with Crippen molar-refractivity contribution in [1.29, 1.82) is 0 Å². The molecule has 0 N–H and O–H groups in total. The summed E-state index contributed by atoms with van der Waals surface area (Å²) in [5.74, 6) is -11.7. The highest BCUT2D eigenvalue weighted by atomic mass is 28.2. The van der Waals surface area contributed by atoms with Crippen molar-refractivity contribution in [3.8, 4) is 11.1 Å². The van der Waals surface area contributed by atoms with Crippen LogP contribution < -0.4 is 0 Å². The Morgan fingerprint density at radius 2 is 1.25 bits per heavy atom. The fourth-order valence-corrected chi connectivity index (χ4v) is 3.15. The second-order valence-electron chi connectivity index (χ2n) is 6.62. The van der Waals surface area contributed by atoms with E-state index in [1.807, 2.05) is 0 Å². The van der Waals surface area contributed by atoms with E-state index in [1.165, 1.54) is 24.3 Å². The second kappa shape index (κ2) is 8.69. The summed E-state index contributed by atoms with van der Waals surface area (Å²) in [6, 6.07) is 5.37. The number of hydrogen-bond donors (Lipinski definition) is 0. The van der Waals surface area contributed by atoms with Gasteiger partial charge in [0.25, 0.3) is 0 Å². The lowest BCUT2D eigenvalue weighted by Crippen LogP contribution is -2.40. The number of benzene rings is 2. The molecule has 2 rings (SSSR count). The molecule has 2 aromatic carbocycles. The van der Waals surface area contributed by atoms with Gasteiger partial charge in [-0.1, -0.05) is 18.2 Å². The third-order valence-corrected chi connectivity index (χ3v) is 4.30. The van der Waals surface area contributed by atoms with Crippen molar-refractivity contribution in [1.82, 2.24) is 0 Å². The molecule has 9 heteroatoms. The summed E-state index contributed by atoms with van der Waals surface area (Å²) in [4.78, 5) is 0. The van der Waals surface area contributed by atoms with E-state index < -0.39 is 40.6 Å².